The van der Waals surface area contributed by atoms with Crippen molar-refractivity contribution in [1.82, 2.24) is 19.7 Å². The molecule has 0 saturated heterocycles. The molecule has 0 aliphatic carbocycles. The van der Waals surface area contributed by atoms with Crippen molar-refractivity contribution in [2.75, 3.05) is 0 Å². The van der Waals surface area contributed by atoms with Gasteiger partial charge in [-0.3, -0.25) is 0 Å². The van der Waals surface area contributed by atoms with Crippen molar-refractivity contribution >= 4 is 23.4 Å². The highest BCUT2D eigenvalue weighted by Gasteiger charge is 2.12. The number of nitrogens with zero attached hydrogens (tertiary/aromatic N) is 4. The van der Waals surface area contributed by atoms with E-state index in [0.717, 1.165) is 33.0 Å². The fraction of sp³-hybridized carbons (Fsp3) is 0.188. The maximum absolute atomic E-state index is 5.91. The zero-order valence-electron chi connectivity index (χ0n) is 12.3. The molecule has 2 heterocycles. The Hall–Kier alpha value is -1.85. The maximum Gasteiger partial charge on any atom is 0.186 e. The Morgan fingerprint density at radius 3 is 2.50 bits per heavy atom. The van der Waals surface area contributed by atoms with E-state index in [1.165, 1.54) is 5.56 Å². The normalized spacial score (nSPS) is 10.9. The summed E-state index contributed by atoms with van der Waals surface area (Å²) in [5.41, 5.74) is 3.21. The van der Waals surface area contributed by atoms with E-state index in [9.17, 15) is 0 Å². The second-order valence-electron chi connectivity index (χ2n) is 4.94. The summed E-state index contributed by atoms with van der Waals surface area (Å²) in [7, 11) is 0. The largest absolute Gasteiger partial charge is 0.244 e. The van der Waals surface area contributed by atoms with Gasteiger partial charge in [0.2, 0.25) is 0 Å². The molecule has 0 amide bonds. The summed E-state index contributed by atoms with van der Waals surface area (Å²) >= 11 is 7.55. The maximum atomic E-state index is 5.91. The van der Waals surface area contributed by atoms with Gasteiger partial charge in [0.15, 0.2) is 5.82 Å². The second kappa shape index (κ2) is 6.50. The monoisotopic (exact) mass is 330 g/mol. The smallest absolute Gasteiger partial charge is 0.186 e. The Morgan fingerprint density at radius 2 is 1.82 bits per heavy atom. The SMILES string of the molecule is Cc1cc(C)n(-c2nccnc2SCc2ccc(Cl)cc2)n1. The number of rotatable bonds is 4. The average molecular weight is 331 g/mol. The highest BCUT2D eigenvalue weighted by atomic mass is 35.5. The van der Waals surface area contributed by atoms with Gasteiger partial charge in [-0.1, -0.05) is 35.5 Å². The van der Waals surface area contributed by atoms with Crippen LogP contribution >= 0.6 is 23.4 Å². The Morgan fingerprint density at radius 1 is 1.09 bits per heavy atom. The molecule has 1 aromatic carbocycles. The van der Waals surface area contributed by atoms with Gasteiger partial charge in [-0.25, -0.2) is 14.6 Å². The first kappa shape index (κ1) is 15.1. The summed E-state index contributed by atoms with van der Waals surface area (Å²) in [5.74, 6) is 1.58. The van der Waals surface area contributed by atoms with Crippen LogP contribution in [0.5, 0.6) is 0 Å². The van der Waals surface area contributed by atoms with Gasteiger partial charge in [0, 0.05) is 28.9 Å². The first-order valence-electron chi connectivity index (χ1n) is 6.85. The van der Waals surface area contributed by atoms with Crippen molar-refractivity contribution in [3.05, 3.63) is 64.7 Å². The quantitative estimate of drug-likeness (QED) is 0.672. The molecule has 3 rings (SSSR count). The molecular formula is C16H15ClN4S. The molecule has 2 aromatic heterocycles. The van der Waals surface area contributed by atoms with Crippen LogP contribution in [0.25, 0.3) is 5.82 Å². The number of halogens is 1. The lowest BCUT2D eigenvalue weighted by atomic mass is 10.2. The molecule has 0 radical (unpaired) electrons. The molecule has 6 heteroatoms. The zero-order valence-corrected chi connectivity index (χ0v) is 13.9. The Kier molecular flexibility index (Phi) is 4.45. The summed E-state index contributed by atoms with van der Waals surface area (Å²) in [6.45, 7) is 3.99. The van der Waals surface area contributed by atoms with Crippen molar-refractivity contribution < 1.29 is 0 Å². The predicted octanol–water partition coefficient (Wildman–Crippen LogP) is 4.22. The number of aryl methyl sites for hydroxylation is 2. The van der Waals surface area contributed by atoms with Crippen LogP contribution in [0.4, 0.5) is 0 Å². The van der Waals surface area contributed by atoms with Crippen LogP contribution in [-0.2, 0) is 5.75 Å². The fourth-order valence-corrected chi connectivity index (χ4v) is 3.17. The summed E-state index contributed by atoms with van der Waals surface area (Å²) in [4.78, 5) is 8.90. The third-order valence-electron chi connectivity index (χ3n) is 3.15. The molecule has 0 saturated carbocycles. The van der Waals surface area contributed by atoms with E-state index in [4.69, 9.17) is 11.6 Å². The summed E-state index contributed by atoms with van der Waals surface area (Å²) in [5, 5.41) is 6.10. The second-order valence-corrected chi connectivity index (χ2v) is 6.34. The van der Waals surface area contributed by atoms with Gasteiger partial charge in [0.25, 0.3) is 0 Å². The lowest BCUT2D eigenvalue weighted by Crippen LogP contribution is -2.05. The van der Waals surface area contributed by atoms with Crippen LogP contribution < -0.4 is 0 Å². The summed E-state index contributed by atoms with van der Waals surface area (Å²) in [6, 6.07) is 9.87. The number of benzene rings is 1. The standard InChI is InChI=1S/C16H15ClN4S/c1-11-9-12(2)21(20-11)15-16(19-8-7-18-15)22-10-13-3-5-14(17)6-4-13/h3-9H,10H2,1-2H3. The molecule has 4 nitrogen and oxygen atoms in total. The van der Waals surface area contributed by atoms with Crippen molar-refractivity contribution in [1.29, 1.82) is 0 Å². The number of hydrogen-bond donors (Lipinski definition) is 0. The number of hydrogen-bond acceptors (Lipinski definition) is 4. The molecule has 112 valence electrons. The van der Waals surface area contributed by atoms with E-state index in [-0.39, 0.29) is 0 Å². The molecule has 0 unspecified atom stereocenters. The van der Waals surface area contributed by atoms with Crippen LogP contribution in [0.15, 0.2) is 47.8 Å². The third kappa shape index (κ3) is 3.31. The average Bonchev–Trinajstić information content (AvgIpc) is 2.85. The highest BCUT2D eigenvalue weighted by molar-refractivity contribution is 7.98. The van der Waals surface area contributed by atoms with Crippen molar-refractivity contribution in [3.63, 3.8) is 0 Å². The molecule has 0 aliphatic heterocycles. The van der Waals surface area contributed by atoms with E-state index < -0.39 is 0 Å². The number of aromatic nitrogens is 4. The molecule has 0 spiro atoms. The molecule has 0 bridgehead atoms. The summed E-state index contributed by atoms with van der Waals surface area (Å²) < 4.78 is 1.84. The lowest BCUT2D eigenvalue weighted by molar-refractivity contribution is 0.770. The van der Waals surface area contributed by atoms with Crippen LogP contribution in [-0.4, -0.2) is 19.7 Å². The first-order valence-corrected chi connectivity index (χ1v) is 8.22. The van der Waals surface area contributed by atoms with Gasteiger partial charge < -0.3 is 0 Å². The topological polar surface area (TPSA) is 43.6 Å². The zero-order chi connectivity index (χ0) is 15.5. The van der Waals surface area contributed by atoms with Gasteiger partial charge in [-0.05, 0) is 37.6 Å². The molecule has 0 aliphatic rings. The predicted molar refractivity (Wildman–Crippen MR) is 89.6 cm³/mol. The molecule has 3 aromatic rings. The molecular weight excluding hydrogens is 316 g/mol. The lowest BCUT2D eigenvalue weighted by Gasteiger charge is -2.08. The van der Waals surface area contributed by atoms with Crippen LogP contribution in [0.3, 0.4) is 0 Å². The van der Waals surface area contributed by atoms with Gasteiger partial charge in [0.05, 0.1) is 5.69 Å². The fourth-order valence-electron chi connectivity index (χ4n) is 2.14. The van der Waals surface area contributed by atoms with Crippen LogP contribution in [0.2, 0.25) is 5.02 Å². The van der Waals surface area contributed by atoms with E-state index >= 15 is 0 Å². The van der Waals surface area contributed by atoms with Gasteiger partial charge in [-0.15, -0.1) is 0 Å². The Labute approximate surface area is 138 Å². The molecule has 0 N–H and O–H groups in total. The highest BCUT2D eigenvalue weighted by Crippen LogP contribution is 2.26. The van der Waals surface area contributed by atoms with E-state index in [1.807, 2.05) is 48.9 Å². The van der Waals surface area contributed by atoms with E-state index in [1.54, 1.807) is 24.2 Å². The van der Waals surface area contributed by atoms with Gasteiger partial charge in [0.1, 0.15) is 5.03 Å². The van der Waals surface area contributed by atoms with Gasteiger partial charge >= 0.3 is 0 Å². The van der Waals surface area contributed by atoms with E-state index in [0.29, 0.717) is 0 Å². The molecule has 0 fully saturated rings. The Balaban J connectivity index is 1.85. The minimum Gasteiger partial charge on any atom is -0.244 e. The minimum atomic E-state index is 0.747. The minimum absolute atomic E-state index is 0.747. The third-order valence-corrected chi connectivity index (χ3v) is 4.44. The summed E-state index contributed by atoms with van der Waals surface area (Å²) in [6.07, 6.45) is 3.40. The molecule has 22 heavy (non-hydrogen) atoms. The van der Waals surface area contributed by atoms with Crippen LogP contribution in [0.1, 0.15) is 17.0 Å². The first-order chi connectivity index (χ1) is 10.6. The number of thioether (sulfide) groups is 1. The molecule has 0 atom stereocenters. The van der Waals surface area contributed by atoms with Crippen molar-refractivity contribution in [2.45, 2.75) is 24.6 Å². The van der Waals surface area contributed by atoms with Crippen molar-refractivity contribution in [3.8, 4) is 5.82 Å². The Bertz CT molecular complexity index is 783. The van der Waals surface area contributed by atoms with Crippen LogP contribution in [0, 0.1) is 13.8 Å². The van der Waals surface area contributed by atoms with Gasteiger partial charge in [-0.2, -0.15) is 5.10 Å². The van der Waals surface area contributed by atoms with Crippen molar-refractivity contribution in [2.24, 2.45) is 0 Å². The van der Waals surface area contributed by atoms with E-state index in [2.05, 4.69) is 15.1 Å².